The van der Waals surface area contributed by atoms with Crippen LogP contribution in [0.1, 0.15) is 27.7 Å². The highest BCUT2D eigenvalue weighted by atomic mass is 79.9. The van der Waals surface area contributed by atoms with Crippen LogP contribution in [-0.4, -0.2) is 78.8 Å². The second kappa shape index (κ2) is 7.27. The maximum Gasteiger partial charge on any atom is 0.245 e. The summed E-state index contributed by atoms with van der Waals surface area (Å²) in [7, 11) is 0. The molecule has 0 spiro atoms. The summed E-state index contributed by atoms with van der Waals surface area (Å²) >= 11 is 0. The van der Waals surface area contributed by atoms with Gasteiger partial charge in [-0.1, -0.05) is 0 Å². The second-order valence-electron chi connectivity index (χ2n) is 5.97. The molecule has 0 aromatic carbocycles. The van der Waals surface area contributed by atoms with Crippen LogP contribution in [0.2, 0.25) is 0 Å². The van der Waals surface area contributed by atoms with Crippen molar-refractivity contribution in [1.82, 2.24) is 0 Å². The highest BCUT2D eigenvalue weighted by Gasteiger charge is 2.75. The van der Waals surface area contributed by atoms with E-state index in [-0.39, 0.29) is 17.0 Å². The van der Waals surface area contributed by atoms with Crippen LogP contribution in [-0.2, 0) is 23.9 Å². The smallest absolute Gasteiger partial charge is 0.245 e. The molecule has 0 radical (unpaired) electrons. The number of carbonyl (C=O) groups excluding carboxylic acids is 4. The summed E-state index contributed by atoms with van der Waals surface area (Å²) in [5, 5.41) is 41.8. The number of ketones is 4. The van der Waals surface area contributed by atoms with E-state index >= 15 is 0 Å². The molecule has 0 aliphatic carbocycles. The third-order valence-electron chi connectivity index (χ3n) is 4.45. The Morgan fingerprint density at radius 1 is 0.920 bits per heavy atom. The first-order valence-electron chi connectivity index (χ1n) is 7.01. The molecule has 1 aliphatic rings. The number of ether oxygens (including phenoxy) is 1. The predicted octanol–water partition coefficient (Wildman–Crippen LogP) is -2.84. The summed E-state index contributed by atoms with van der Waals surface area (Å²) in [6.07, 6.45) is -4.54. The average molecular weight is 428 g/mol. The third-order valence-corrected chi connectivity index (χ3v) is 4.45. The Morgan fingerprint density at radius 2 is 1.32 bits per heavy atom. The van der Waals surface area contributed by atoms with Crippen molar-refractivity contribution in [1.29, 1.82) is 0 Å². The van der Waals surface area contributed by atoms with Crippen LogP contribution in [0.5, 0.6) is 0 Å². The predicted molar refractivity (Wildman–Crippen MR) is 86.8 cm³/mol. The molecule has 1 aliphatic heterocycles. The van der Waals surface area contributed by atoms with Gasteiger partial charge in [0, 0.05) is 6.92 Å². The summed E-state index contributed by atoms with van der Waals surface area (Å²) in [5.74, 6) is -7.72. The van der Waals surface area contributed by atoms with Gasteiger partial charge >= 0.3 is 0 Å². The zero-order valence-corrected chi connectivity index (χ0v) is 15.8. The Kier molecular flexibility index (Phi) is 6.96. The number of hydrogen-bond donors (Lipinski definition) is 5. The van der Waals surface area contributed by atoms with Crippen molar-refractivity contribution in [3.8, 4) is 0 Å². The largest absolute Gasteiger partial charge is 0.382 e. The van der Waals surface area contributed by atoms with E-state index in [1.807, 2.05) is 0 Å². The lowest BCUT2D eigenvalue weighted by molar-refractivity contribution is -0.341. The number of carbonyl (C=O) groups is 4. The number of aliphatic hydroxyl groups is 4. The van der Waals surface area contributed by atoms with Crippen LogP contribution >= 0.6 is 17.0 Å². The molecular formula is C14H22BrNO9. The molecule has 0 aromatic rings. The molecule has 1 saturated heterocycles. The van der Waals surface area contributed by atoms with Crippen molar-refractivity contribution < 1.29 is 44.3 Å². The Labute approximate surface area is 153 Å². The maximum absolute atomic E-state index is 12.0. The number of Topliss-reactive ketones (excluding diaryl/α,β-unsaturated/α-hetero) is 4. The molecule has 25 heavy (non-hydrogen) atoms. The van der Waals surface area contributed by atoms with Crippen LogP contribution in [0.3, 0.4) is 0 Å². The van der Waals surface area contributed by atoms with Crippen LogP contribution in [0.15, 0.2) is 0 Å². The van der Waals surface area contributed by atoms with Gasteiger partial charge in [0.25, 0.3) is 0 Å². The van der Waals surface area contributed by atoms with Gasteiger partial charge < -0.3 is 30.9 Å². The molecule has 0 saturated carbocycles. The minimum absolute atomic E-state index is 0. The standard InChI is InChI=1S/C14H21NO9.BrH/c1-5(16)9(20)10-12(21,6(2)17)13(22,7(3)18)11(15)14(23,24-10)8(4)19;/h9-11,20-23H,15H2,1-4H3;1H/t9?,10-,11+,12-,13-,14+;/m1./s1. The molecule has 6 N–H and O–H groups in total. The van der Waals surface area contributed by atoms with Crippen LogP contribution in [0.25, 0.3) is 0 Å². The number of aliphatic hydroxyl groups excluding tert-OH is 1. The van der Waals surface area contributed by atoms with E-state index in [0.29, 0.717) is 0 Å². The third kappa shape index (κ3) is 3.10. The van der Waals surface area contributed by atoms with Crippen LogP contribution in [0, 0.1) is 0 Å². The number of halogens is 1. The molecule has 0 aromatic heterocycles. The fourth-order valence-corrected chi connectivity index (χ4v) is 2.85. The van der Waals surface area contributed by atoms with Crippen molar-refractivity contribution in [2.24, 2.45) is 5.73 Å². The Morgan fingerprint density at radius 3 is 1.60 bits per heavy atom. The van der Waals surface area contributed by atoms with Crippen LogP contribution in [0.4, 0.5) is 0 Å². The molecule has 1 fully saturated rings. The van der Waals surface area contributed by atoms with E-state index in [1.165, 1.54) is 0 Å². The Balaban J connectivity index is 0.00000576. The minimum Gasteiger partial charge on any atom is -0.382 e. The fraction of sp³-hybridized carbons (Fsp3) is 0.714. The summed E-state index contributed by atoms with van der Waals surface area (Å²) in [6, 6.07) is -2.26. The highest BCUT2D eigenvalue weighted by Crippen LogP contribution is 2.44. The van der Waals surface area contributed by atoms with Crippen LogP contribution < -0.4 is 5.73 Å². The van der Waals surface area contributed by atoms with E-state index in [0.717, 1.165) is 27.7 Å². The monoisotopic (exact) mass is 427 g/mol. The van der Waals surface area contributed by atoms with Gasteiger partial charge in [0.15, 0.2) is 34.3 Å². The first-order valence-corrected chi connectivity index (χ1v) is 7.01. The molecule has 10 nitrogen and oxygen atoms in total. The molecular weight excluding hydrogens is 406 g/mol. The zero-order valence-electron chi connectivity index (χ0n) is 14.0. The Hall–Kier alpha value is -1.08. The fourth-order valence-electron chi connectivity index (χ4n) is 2.85. The van der Waals surface area contributed by atoms with Gasteiger partial charge in [0.1, 0.15) is 18.2 Å². The summed E-state index contributed by atoms with van der Waals surface area (Å²) in [6.45, 7) is 3.22. The normalized spacial score (nSPS) is 39.1. The average Bonchev–Trinajstić information content (AvgIpc) is 2.47. The molecule has 1 rings (SSSR count). The minimum atomic E-state index is -3.20. The van der Waals surface area contributed by atoms with E-state index in [4.69, 9.17) is 10.5 Å². The first-order chi connectivity index (χ1) is 10.7. The van der Waals surface area contributed by atoms with Crippen molar-refractivity contribution in [2.45, 2.75) is 62.9 Å². The molecule has 11 heteroatoms. The molecule has 1 heterocycles. The Bertz CT molecular complexity index is 593. The molecule has 1 unspecified atom stereocenters. The van der Waals surface area contributed by atoms with E-state index in [9.17, 15) is 39.6 Å². The number of hydrogen-bond acceptors (Lipinski definition) is 10. The van der Waals surface area contributed by atoms with E-state index in [1.54, 1.807) is 0 Å². The zero-order chi connectivity index (χ0) is 19.2. The van der Waals surface area contributed by atoms with Gasteiger partial charge in [-0.2, -0.15) is 0 Å². The van der Waals surface area contributed by atoms with Gasteiger partial charge in [-0.05, 0) is 20.8 Å². The number of nitrogens with two attached hydrogens (primary N) is 1. The van der Waals surface area contributed by atoms with Gasteiger partial charge in [0.05, 0.1) is 0 Å². The topological polar surface area (TPSA) is 184 Å². The summed E-state index contributed by atoms with van der Waals surface area (Å²) < 4.78 is 4.92. The lowest BCUT2D eigenvalue weighted by Crippen LogP contribution is -2.86. The second-order valence-corrected chi connectivity index (χ2v) is 5.97. The lowest BCUT2D eigenvalue weighted by atomic mass is 9.63. The summed E-state index contributed by atoms with van der Waals surface area (Å²) in [4.78, 5) is 47.3. The highest BCUT2D eigenvalue weighted by molar-refractivity contribution is 8.93. The summed E-state index contributed by atoms with van der Waals surface area (Å²) in [5.41, 5.74) is -0.771. The van der Waals surface area contributed by atoms with Gasteiger partial charge in [-0.3, -0.25) is 19.2 Å². The molecule has 144 valence electrons. The van der Waals surface area contributed by atoms with Gasteiger partial charge in [-0.25, -0.2) is 0 Å². The van der Waals surface area contributed by atoms with E-state index in [2.05, 4.69) is 0 Å². The van der Waals surface area contributed by atoms with Crippen molar-refractivity contribution in [3.05, 3.63) is 0 Å². The number of rotatable bonds is 5. The molecule has 0 bridgehead atoms. The first kappa shape index (κ1) is 23.9. The SMILES string of the molecule is Br.CC(=O)C(O)[C@H]1O[C@@](O)(C(C)=O)[C@@H](N)[C@](O)(C(C)=O)[C@@]1(O)C(C)=O. The quantitative estimate of drug-likeness (QED) is 0.306. The molecule has 6 atom stereocenters. The van der Waals surface area contributed by atoms with Gasteiger partial charge in [-0.15, -0.1) is 17.0 Å². The lowest BCUT2D eigenvalue weighted by Gasteiger charge is -2.56. The maximum atomic E-state index is 12.0. The van der Waals surface area contributed by atoms with Crippen molar-refractivity contribution in [2.75, 3.05) is 0 Å². The van der Waals surface area contributed by atoms with Crippen molar-refractivity contribution >= 4 is 40.1 Å². The molecule has 0 amide bonds. The van der Waals surface area contributed by atoms with Crippen molar-refractivity contribution in [3.63, 3.8) is 0 Å². The van der Waals surface area contributed by atoms with E-state index < -0.39 is 58.4 Å². The van der Waals surface area contributed by atoms with Gasteiger partial charge in [0.2, 0.25) is 5.79 Å².